The van der Waals surface area contributed by atoms with E-state index in [9.17, 15) is 4.79 Å². The Hall–Kier alpha value is -2.86. The average Bonchev–Trinajstić information content (AvgIpc) is 3.07. The normalized spacial score (nSPS) is 10.4. The van der Waals surface area contributed by atoms with Crippen molar-refractivity contribution in [3.63, 3.8) is 0 Å². The van der Waals surface area contributed by atoms with Crippen LogP contribution >= 0.6 is 11.3 Å². The zero-order valence-corrected chi connectivity index (χ0v) is 15.7. The lowest BCUT2D eigenvalue weighted by molar-refractivity contribution is -0.118. The van der Waals surface area contributed by atoms with Gasteiger partial charge in [-0.15, -0.1) is 11.3 Å². The molecule has 1 aromatic heterocycles. The van der Waals surface area contributed by atoms with E-state index in [2.05, 4.69) is 10.3 Å². The van der Waals surface area contributed by atoms with Crippen molar-refractivity contribution in [2.75, 3.05) is 19.0 Å². The predicted octanol–water partition coefficient (Wildman–Crippen LogP) is 4.45. The van der Waals surface area contributed by atoms with Crippen molar-refractivity contribution in [1.82, 2.24) is 4.98 Å². The van der Waals surface area contributed by atoms with E-state index in [0.29, 0.717) is 17.2 Å². The van der Waals surface area contributed by atoms with Crippen LogP contribution in [0, 0.1) is 13.8 Å². The van der Waals surface area contributed by atoms with Crippen molar-refractivity contribution in [2.45, 2.75) is 13.8 Å². The monoisotopic (exact) mass is 368 g/mol. The van der Waals surface area contributed by atoms with E-state index >= 15 is 0 Å². The number of aromatic nitrogens is 1. The van der Waals surface area contributed by atoms with Crippen LogP contribution in [-0.4, -0.2) is 24.6 Å². The van der Waals surface area contributed by atoms with Gasteiger partial charge in [0.2, 0.25) is 0 Å². The van der Waals surface area contributed by atoms with Crippen LogP contribution in [0.1, 0.15) is 10.6 Å². The van der Waals surface area contributed by atoms with Gasteiger partial charge in [-0.1, -0.05) is 24.3 Å². The summed E-state index contributed by atoms with van der Waals surface area (Å²) in [5, 5.41) is 5.86. The number of carbonyl (C=O) groups excluding carboxylic acids is 1. The first-order valence-electron chi connectivity index (χ1n) is 8.15. The molecule has 0 aliphatic rings. The smallest absolute Gasteiger partial charge is 0.262 e. The van der Waals surface area contributed by atoms with E-state index in [0.717, 1.165) is 21.8 Å². The van der Waals surface area contributed by atoms with Crippen LogP contribution in [0.5, 0.6) is 11.5 Å². The third-order valence-corrected chi connectivity index (χ3v) is 4.55. The Balaban J connectivity index is 1.70. The van der Waals surface area contributed by atoms with Gasteiger partial charge in [-0.25, -0.2) is 4.98 Å². The second-order valence-corrected chi connectivity index (χ2v) is 6.85. The molecule has 6 heteroatoms. The summed E-state index contributed by atoms with van der Waals surface area (Å²) < 4.78 is 10.9. The highest BCUT2D eigenvalue weighted by Crippen LogP contribution is 2.29. The average molecular weight is 368 g/mol. The van der Waals surface area contributed by atoms with Gasteiger partial charge >= 0.3 is 0 Å². The van der Waals surface area contributed by atoms with Crippen LogP contribution < -0.4 is 14.8 Å². The molecule has 26 heavy (non-hydrogen) atoms. The molecular weight excluding hydrogens is 348 g/mol. The molecule has 3 rings (SSSR count). The molecule has 0 radical (unpaired) electrons. The van der Waals surface area contributed by atoms with E-state index in [4.69, 9.17) is 9.47 Å². The van der Waals surface area contributed by atoms with Gasteiger partial charge in [0.15, 0.2) is 18.1 Å². The maximum atomic E-state index is 12.3. The topological polar surface area (TPSA) is 60.5 Å². The first-order valence-corrected chi connectivity index (χ1v) is 9.03. The van der Waals surface area contributed by atoms with Crippen molar-refractivity contribution < 1.29 is 14.3 Å². The first-order chi connectivity index (χ1) is 12.6. The molecule has 1 amide bonds. The number of aryl methyl sites for hydroxylation is 2. The van der Waals surface area contributed by atoms with E-state index in [1.807, 2.05) is 55.6 Å². The Kier molecular flexibility index (Phi) is 5.53. The number of nitrogens with one attached hydrogen (secondary N) is 1. The fourth-order valence-electron chi connectivity index (χ4n) is 2.53. The number of anilines is 1. The lowest BCUT2D eigenvalue weighted by Gasteiger charge is -2.12. The van der Waals surface area contributed by atoms with Crippen LogP contribution in [0.3, 0.4) is 0 Å². The quantitative estimate of drug-likeness (QED) is 0.698. The van der Waals surface area contributed by atoms with Crippen LogP contribution in [0.4, 0.5) is 5.69 Å². The highest BCUT2D eigenvalue weighted by Gasteiger charge is 2.12. The van der Waals surface area contributed by atoms with E-state index < -0.39 is 0 Å². The molecule has 0 unspecified atom stereocenters. The summed E-state index contributed by atoms with van der Waals surface area (Å²) in [4.78, 5) is 16.8. The van der Waals surface area contributed by atoms with Crippen LogP contribution in [0.15, 0.2) is 47.8 Å². The minimum atomic E-state index is -0.243. The van der Waals surface area contributed by atoms with E-state index in [-0.39, 0.29) is 12.5 Å². The summed E-state index contributed by atoms with van der Waals surface area (Å²) in [5.74, 6) is 0.903. The van der Waals surface area contributed by atoms with Crippen LogP contribution in [0.25, 0.3) is 11.3 Å². The highest BCUT2D eigenvalue weighted by molar-refractivity contribution is 7.09. The number of rotatable bonds is 6. The molecule has 0 fully saturated rings. The molecule has 5 nitrogen and oxygen atoms in total. The second-order valence-electron chi connectivity index (χ2n) is 5.79. The molecule has 0 bridgehead atoms. The number of amides is 1. The Morgan fingerprint density at radius 2 is 1.96 bits per heavy atom. The van der Waals surface area contributed by atoms with Gasteiger partial charge in [0, 0.05) is 10.9 Å². The molecule has 0 aliphatic heterocycles. The number of para-hydroxylation sites is 1. The van der Waals surface area contributed by atoms with E-state index in [1.165, 1.54) is 0 Å². The summed E-state index contributed by atoms with van der Waals surface area (Å²) >= 11 is 1.58. The number of thiazole rings is 1. The molecule has 0 spiro atoms. The molecule has 1 N–H and O–H groups in total. The lowest BCUT2D eigenvalue weighted by atomic mass is 10.1. The first kappa shape index (κ1) is 17.9. The molecule has 0 atom stereocenters. The number of carbonyl (C=O) groups is 1. The SMILES string of the molecule is COc1cc(C)ccc1OCC(=O)Nc1ccccc1-c1csc(C)n1. The number of nitrogens with zero attached hydrogens (tertiary/aromatic N) is 1. The van der Waals surface area contributed by atoms with Crippen LogP contribution in [0.2, 0.25) is 0 Å². The zero-order chi connectivity index (χ0) is 18.5. The van der Waals surface area contributed by atoms with Gasteiger partial charge in [-0.3, -0.25) is 4.79 Å². The maximum Gasteiger partial charge on any atom is 0.262 e. The molecule has 0 saturated heterocycles. The standard InChI is InChI=1S/C20H20N2O3S/c1-13-8-9-18(19(10-13)24-3)25-11-20(23)22-16-7-5-4-6-15(16)17-12-26-14(2)21-17/h4-10,12H,11H2,1-3H3,(H,22,23). The van der Waals surface area contributed by atoms with E-state index in [1.54, 1.807) is 24.5 Å². The summed E-state index contributed by atoms with van der Waals surface area (Å²) in [7, 11) is 1.58. The summed E-state index contributed by atoms with van der Waals surface area (Å²) in [6.07, 6.45) is 0. The summed E-state index contributed by atoms with van der Waals surface area (Å²) in [6.45, 7) is 3.82. The van der Waals surface area contributed by atoms with Gasteiger partial charge in [-0.2, -0.15) is 0 Å². The molecule has 0 saturated carbocycles. The number of hydrogen-bond donors (Lipinski definition) is 1. The molecule has 2 aromatic carbocycles. The number of methoxy groups -OCH3 is 1. The second kappa shape index (κ2) is 8.01. The lowest BCUT2D eigenvalue weighted by Crippen LogP contribution is -2.20. The van der Waals surface area contributed by atoms with Crippen molar-refractivity contribution in [2.24, 2.45) is 0 Å². The fourth-order valence-corrected chi connectivity index (χ4v) is 3.14. The van der Waals surface area contributed by atoms with Gasteiger partial charge < -0.3 is 14.8 Å². The van der Waals surface area contributed by atoms with Crippen molar-refractivity contribution in [1.29, 1.82) is 0 Å². The largest absolute Gasteiger partial charge is 0.493 e. The Labute approximate surface area is 156 Å². The fraction of sp³-hybridized carbons (Fsp3) is 0.200. The van der Waals surface area contributed by atoms with Gasteiger partial charge in [0.1, 0.15) is 0 Å². The van der Waals surface area contributed by atoms with Crippen molar-refractivity contribution in [3.05, 3.63) is 58.4 Å². The Bertz CT molecular complexity index is 921. The zero-order valence-electron chi connectivity index (χ0n) is 14.9. The Morgan fingerprint density at radius 1 is 1.15 bits per heavy atom. The maximum absolute atomic E-state index is 12.3. The third-order valence-electron chi connectivity index (χ3n) is 3.77. The molecule has 134 valence electrons. The summed E-state index contributed by atoms with van der Waals surface area (Å²) in [5.41, 5.74) is 3.51. The predicted molar refractivity (Wildman–Crippen MR) is 104 cm³/mol. The van der Waals surface area contributed by atoms with Crippen molar-refractivity contribution in [3.8, 4) is 22.8 Å². The minimum absolute atomic E-state index is 0.107. The number of hydrogen-bond acceptors (Lipinski definition) is 5. The van der Waals surface area contributed by atoms with Gasteiger partial charge in [0.05, 0.1) is 23.5 Å². The Morgan fingerprint density at radius 3 is 2.69 bits per heavy atom. The van der Waals surface area contributed by atoms with Gasteiger partial charge in [0.25, 0.3) is 5.91 Å². The van der Waals surface area contributed by atoms with Gasteiger partial charge in [-0.05, 0) is 37.6 Å². The van der Waals surface area contributed by atoms with Crippen LogP contribution in [-0.2, 0) is 4.79 Å². The molecule has 0 aliphatic carbocycles. The number of benzene rings is 2. The number of ether oxygens (including phenoxy) is 2. The highest BCUT2D eigenvalue weighted by atomic mass is 32.1. The molecule has 3 aromatic rings. The van der Waals surface area contributed by atoms with Crippen molar-refractivity contribution >= 4 is 22.9 Å². The molecular formula is C20H20N2O3S. The molecule has 1 heterocycles. The summed E-state index contributed by atoms with van der Waals surface area (Å²) in [6, 6.07) is 13.2. The third kappa shape index (κ3) is 4.21. The minimum Gasteiger partial charge on any atom is -0.493 e.